The van der Waals surface area contributed by atoms with E-state index in [-0.39, 0.29) is 18.0 Å². The number of thiophene rings is 1. The number of hydrogen-bond acceptors (Lipinski definition) is 3. The van der Waals surface area contributed by atoms with Crippen LogP contribution in [0.4, 0.5) is 0 Å². The number of piperidine rings is 1. The van der Waals surface area contributed by atoms with Gasteiger partial charge in [0.1, 0.15) is 0 Å². The number of carbonyl (C=O) groups is 1. The van der Waals surface area contributed by atoms with Crippen LogP contribution < -0.4 is 10.6 Å². The maximum Gasteiger partial charge on any atom is 0.237 e. The molecule has 2 heterocycles. The van der Waals surface area contributed by atoms with E-state index in [4.69, 9.17) is 0 Å². The molecule has 2 N–H and O–H groups in total. The summed E-state index contributed by atoms with van der Waals surface area (Å²) in [4.78, 5) is 13.4. The Kier molecular flexibility index (Phi) is 4.18. The lowest BCUT2D eigenvalue weighted by molar-refractivity contribution is -0.125. The Bertz CT molecular complexity index is 364. The molecule has 0 radical (unpaired) electrons. The van der Waals surface area contributed by atoms with E-state index in [0.717, 1.165) is 13.0 Å². The number of hydrogen-bond donors (Lipinski definition) is 2. The maximum atomic E-state index is 12.1. The van der Waals surface area contributed by atoms with Crippen molar-refractivity contribution in [1.82, 2.24) is 10.6 Å². The maximum absolute atomic E-state index is 12.1. The highest BCUT2D eigenvalue weighted by Gasteiger charge is 2.28. The van der Waals surface area contributed by atoms with Crippen LogP contribution in [0, 0.1) is 5.92 Å². The topological polar surface area (TPSA) is 41.1 Å². The van der Waals surface area contributed by atoms with Gasteiger partial charge in [-0.1, -0.05) is 13.0 Å². The molecule has 2 rings (SSSR count). The zero-order chi connectivity index (χ0) is 12.3. The molecule has 3 unspecified atom stereocenters. The average molecular weight is 252 g/mol. The molecule has 1 aliphatic rings. The van der Waals surface area contributed by atoms with Crippen LogP contribution in [0.25, 0.3) is 0 Å². The van der Waals surface area contributed by atoms with Crippen molar-refractivity contribution in [2.75, 3.05) is 6.54 Å². The molecule has 3 nitrogen and oxygen atoms in total. The number of nitrogens with one attached hydrogen (secondary N) is 2. The Labute approximate surface area is 107 Å². The van der Waals surface area contributed by atoms with Crippen molar-refractivity contribution in [3.63, 3.8) is 0 Å². The largest absolute Gasteiger partial charge is 0.347 e. The predicted molar refractivity (Wildman–Crippen MR) is 71.1 cm³/mol. The summed E-state index contributed by atoms with van der Waals surface area (Å²) < 4.78 is 0. The van der Waals surface area contributed by atoms with E-state index in [1.54, 1.807) is 11.3 Å². The monoisotopic (exact) mass is 252 g/mol. The summed E-state index contributed by atoms with van der Waals surface area (Å²) in [7, 11) is 0. The second-order valence-electron chi connectivity index (χ2n) is 4.80. The van der Waals surface area contributed by atoms with Gasteiger partial charge in [0.15, 0.2) is 0 Å². The second kappa shape index (κ2) is 5.65. The molecule has 0 aliphatic carbocycles. The first-order valence-corrected chi connectivity index (χ1v) is 7.13. The molecule has 4 heteroatoms. The molecule has 0 saturated carbocycles. The standard InChI is InChI=1S/C13H20N2OS/c1-9-5-3-7-14-12(9)13(16)15-10(2)11-6-4-8-17-11/h4,6,8-10,12,14H,3,5,7H2,1-2H3,(H,15,16). The van der Waals surface area contributed by atoms with Crippen molar-refractivity contribution < 1.29 is 4.79 Å². The second-order valence-corrected chi connectivity index (χ2v) is 5.78. The Morgan fingerprint density at radius 1 is 1.65 bits per heavy atom. The third-order valence-corrected chi connectivity index (χ3v) is 4.44. The van der Waals surface area contributed by atoms with Gasteiger partial charge in [0, 0.05) is 4.88 Å². The first kappa shape index (κ1) is 12.6. The van der Waals surface area contributed by atoms with E-state index in [9.17, 15) is 4.79 Å². The molecule has 1 aromatic heterocycles. The van der Waals surface area contributed by atoms with Crippen LogP contribution in [0.3, 0.4) is 0 Å². The van der Waals surface area contributed by atoms with E-state index in [0.29, 0.717) is 5.92 Å². The van der Waals surface area contributed by atoms with E-state index in [1.807, 2.05) is 18.4 Å². The molecular weight excluding hydrogens is 232 g/mol. The number of amides is 1. The third kappa shape index (κ3) is 3.07. The Morgan fingerprint density at radius 2 is 2.47 bits per heavy atom. The quantitative estimate of drug-likeness (QED) is 0.867. The fourth-order valence-corrected chi connectivity index (χ4v) is 3.05. The Balaban J connectivity index is 1.92. The normalized spacial score (nSPS) is 26.5. The van der Waals surface area contributed by atoms with Gasteiger partial charge in [-0.2, -0.15) is 0 Å². The summed E-state index contributed by atoms with van der Waals surface area (Å²) in [5.41, 5.74) is 0. The van der Waals surface area contributed by atoms with E-state index >= 15 is 0 Å². The van der Waals surface area contributed by atoms with Crippen molar-refractivity contribution in [3.05, 3.63) is 22.4 Å². The molecule has 1 aliphatic heterocycles. The number of rotatable bonds is 3. The molecule has 0 aromatic carbocycles. The predicted octanol–water partition coefficient (Wildman–Crippen LogP) is 2.31. The summed E-state index contributed by atoms with van der Waals surface area (Å²) in [6.45, 7) is 5.14. The van der Waals surface area contributed by atoms with Gasteiger partial charge in [-0.3, -0.25) is 4.79 Å². The molecule has 94 valence electrons. The van der Waals surface area contributed by atoms with Crippen molar-refractivity contribution >= 4 is 17.2 Å². The van der Waals surface area contributed by atoms with Crippen molar-refractivity contribution in [2.45, 2.75) is 38.8 Å². The van der Waals surface area contributed by atoms with Gasteiger partial charge >= 0.3 is 0 Å². The van der Waals surface area contributed by atoms with Gasteiger partial charge in [0.2, 0.25) is 5.91 Å². The van der Waals surface area contributed by atoms with Gasteiger partial charge in [-0.25, -0.2) is 0 Å². The molecule has 3 atom stereocenters. The number of carbonyl (C=O) groups excluding carboxylic acids is 1. The van der Waals surface area contributed by atoms with Crippen molar-refractivity contribution in [1.29, 1.82) is 0 Å². The summed E-state index contributed by atoms with van der Waals surface area (Å²) in [5, 5.41) is 8.44. The third-order valence-electron chi connectivity index (χ3n) is 3.38. The van der Waals surface area contributed by atoms with Crippen LogP contribution in [0.2, 0.25) is 0 Å². The minimum atomic E-state index is -0.0221. The van der Waals surface area contributed by atoms with Gasteiger partial charge < -0.3 is 10.6 Å². The lowest BCUT2D eigenvalue weighted by Gasteiger charge is -2.29. The van der Waals surface area contributed by atoms with E-state index in [2.05, 4.69) is 23.6 Å². The van der Waals surface area contributed by atoms with Crippen molar-refractivity contribution in [3.8, 4) is 0 Å². The molecule has 17 heavy (non-hydrogen) atoms. The zero-order valence-corrected chi connectivity index (χ0v) is 11.2. The molecule has 1 fully saturated rings. The van der Waals surface area contributed by atoms with Gasteiger partial charge in [0.25, 0.3) is 0 Å². The summed E-state index contributed by atoms with van der Waals surface area (Å²) in [6.07, 6.45) is 2.31. The lowest BCUT2D eigenvalue weighted by Crippen LogP contribution is -2.51. The summed E-state index contributed by atoms with van der Waals surface area (Å²) in [5.74, 6) is 0.567. The fourth-order valence-electron chi connectivity index (χ4n) is 2.31. The highest BCUT2D eigenvalue weighted by atomic mass is 32.1. The highest BCUT2D eigenvalue weighted by molar-refractivity contribution is 7.10. The van der Waals surface area contributed by atoms with Crippen LogP contribution in [0.1, 0.15) is 37.6 Å². The van der Waals surface area contributed by atoms with Crippen LogP contribution >= 0.6 is 11.3 Å². The average Bonchev–Trinajstić information content (AvgIpc) is 2.82. The molecule has 0 spiro atoms. The summed E-state index contributed by atoms with van der Waals surface area (Å²) >= 11 is 1.69. The van der Waals surface area contributed by atoms with Gasteiger partial charge in [-0.05, 0) is 43.7 Å². The van der Waals surface area contributed by atoms with Gasteiger partial charge in [0.05, 0.1) is 12.1 Å². The van der Waals surface area contributed by atoms with E-state index < -0.39 is 0 Å². The van der Waals surface area contributed by atoms with Crippen LogP contribution in [-0.2, 0) is 4.79 Å². The minimum Gasteiger partial charge on any atom is -0.347 e. The van der Waals surface area contributed by atoms with Crippen LogP contribution in [-0.4, -0.2) is 18.5 Å². The minimum absolute atomic E-state index is 0.0221. The Hall–Kier alpha value is -0.870. The lowest BCUT2D eigenvalue weighted by atomic mass is 9.92. The van der Waals surface area contributed by atoms with E-state index in [1.165, 1.54) is 11.3 Å². The van der Waals surface area contributed by atoms with Gasteiger partial charge in [-0.15, -0.1) is 11.3 Å². The molecule has 0 bridgehead atoms. The molecule has 1 aromatic rings. The molecule has 1 saturated heterocycles. The van der Waals surface area contributed by atoms with Crippen molar-refractivity contribution in [2.24, 2.45) is 5.92 Å². The highest BCUT2D eigenvalue weighted by Crippen LogP contribution is 2.20. The molecular formula is C13H20N2OS. The Morgan fingerprint density at radius 3 is 3.12 bits per heavy atom. The summed E-state index contributed by atoms with van der Waals surface area (Å²) in [6, 6.07) is 4.17. The smallest absolute Gasteiger partial charge is 0.237 e. The first-order chi connectivity index (χ1) is 8.18. The fraction of sp³-hybridized carbons (Fsp3) is 0.615. The SMILES string of the molecule is CC(NC(=O)C1NCCCC1C)c1cccs1. The van der Waals surface area contributed by atoms with Crippen LogP contribution in [0.15, 0.2) is 17.5 Å². The van der Waals surface area contributed by atoms with Crippen LogP contribution in [0.5, 0.6) is 0 Å². The zero-order valence-electron chi connectivity index (χ0n) is 10.4. The first-order valence-electron chi connectivity index (χ1n) is 6.25. The molecule has 1 amide bonds.